The van der Waals surface area contributed by atoms with Crippen molar-refractivity contribution in [1.29, 1.82) is 0 Å². The number of nitrogens with one attached hydrogen (secondary N) is 1. The fraction of sp³-hybridized carbons (Fsp3) is 0.292. The fourth-order valence-electron chi connectivity index (χ4n) is 4.33. The second kappa shape index (κ2) is 8.92. The van der Waals surface area contributed by atoms with Crippen molar-refractivity contribution in [2.75, 3.05) is 0 Å². The van der Waals surface area contributed by atoms with Gasteiger partial charge in [0.15, 0.2) is 0 Å². The first kappa shape index (κ1) is 22.7. The molecule has 3 heterocycles. The molecule has 0 radical (unpaired) electrons. The van der Waals surface area contributed by atoms with Crippen LogP contribution in [0.5, 0.6) is 0 Å². The number of halogens is 4. The van der Waals surface area contributed by atoms with Crippen molar-refractivity contribution in [2.45, 2.75) is 44.6 Å². The number of aryl methyl sites for hydroxylation is 1. The number of hydrogen-bond acceptors (Lipinski definition) is 5. The monoisotopic (exact) mass is 488 g/mol. The van der Waals surface area contributed by atoms with E-state index in [2.05, 4.69) is 15.3 Å². The normalized spacial score (nSPS) is 16.1. The Balaban J connectivity index is 1.33. The molecule has 4 aromatic rings. The lowest BCUT2D eigenvalue weighted by molar-refractivity contribution is -0.137. The maximum Gasteiger partial charge on any atom is 0.416 e. The SMILES string of the molecule is O=c1c2c3c(sc2ncn1Cc1ccccn1)C[C@@H](NCc1cc(F)cc(C(F)(F)F)c1)CC3. The molecule has 0 saturated heterocycles. The van der Waals surface area contributed by atoms with E-state index in [1.165, 1.54) is 11.3 Å². The summed E-state index contributed by atoms with van der Waals surface area (Å²) in [5.41, 5.74) is 0.918. The van der Waals surface area contributed by atoms with Crippen LogP contribution < -0.4 is 10.9 Å². The minimum Gasteiger partial charge on any atom is -0.310 e. The number of aromatic nitrogens is 3. The average Bonchev–Trinajstić information content (AvgIpc) is 3.18. The van der Waals surface area contributed by atoms with Crippen molar-refractivity contribution >= 4 is 21.6 Å². The highest BCUT2D eigenvalue weighted by Crippen LogP contribution is 2.34. The van der Waals surface area contributed by atoms with Crippen LogP contribution in [0.1, 0.15) is 33.7 Å². The second-order valence-corrected chi connectivity index (χ2v) is 9.43. The second-order valence-electron chi connectivity index (χ2n) is 8.35. The summed E-state index contributed by atoms with van der Waals surface area (Å²) in [7, 11) is 0. The van der Waals surface area contributed by atoms with Crippen molar-refractivity contribution in [1.82, 2.24) is 19.9 Å². The zero-order valence-electron chi connectivity index (χ0n) is 17.9. The summed E-state index contributed by atoms with van der Waals surface area (Å²) < 4.78 is 54.1. The van der Waals surface area contributed by atoms with E-state index in [1.807, 2.05) is 18.2 Å². The highest BCUT2D eigenvalue weighted by atomic mass is 32.1. The quantitative estimate of drug-likeness (QED) is 0.414. The molecule has 34 heavy (non-hydrogen) atoms. The molecule has 1 aliphatic carbocycles. The third-order valence-corrected chi connectivity index (χ3v) is 7.14. The van der Waals surface area contributed by atoms with Gasteiger partial charge in [-0.05, 0) is 60.7 Å². The molecule has 0 fully saturated rings. The van der Waals surface area contributed by atoms with Crippen molar-refractivity contribution < 1.29 is 17.6 Å². The average molecular weight is 489 g/mol. The van der Waals surface area contributed by atoms with Crippen LogP contribution in [0.3, 0.4) is 0 Å². The summed E-state index contributed by atoms with van der Waals surface area (Å²) in [5, 5.41) is 3.88. The molecule has 0 amide bonds. The lowest BCUT2D eigenvalue weighted by Gasteiger charge is -2.23. The van der Waals surface area contributed by atoms with Gasteiger partial charge in [0.2, 0.25) is 0 Å². The first-order chi connectivity index (χ1) is 16.3. The van der Waals surface area contributed by atoms with Gasteiger partial charge in [0.05, 0.1) is 29.5 Å². The van der Waals surface area contributed by atoms with Gasteiger partial charge in [0.25, 0.3) is 5.56 Å². The molecule has 1 N–H and O–H groups in total. The summed E-state index contributed by atoms with van der Waals surface area (Å²) in [4.78, 5) is 23.7. The van der Waals surface area contributed by atoms with E-state index in [1.54, 1.807) is 17.1 Å². The lowest BCUT2D eigenvalue weighted by Crippen LogP contribution is -2.34. The van der Waals surface area contributed by atoms with Gasteiger partial charge in [-0.25, -0.2) is 9.37 Å². The first-order valence-electron chi connectivity index (χ1n) is 10.8. The van der Waals surface area contributed by atoms with Gasteiger partial charge in [-0.3, -0.25) is 14.3 Å². The van der Waals surface area contributed by atoms with Gasteiger partial charge in [-0.2, -0.15) is 13.2 Å². The van der Waals surface area contributed by atoms with Gasteiger partial charge in [-0.15, -0.1) is 11.3 Å². The fourth-order valence-corrected chi connectivity index (χ4v) is 5.59. The maximum absolute atomic E-state index is 13.7. The Bertz CT molecular complexity index is 1400. The van der Waals surface area contributed by atoms with E-state index >= 15 is 0 Å². The number of hydrogen-bond donors (Lipinski definition) is 1. The molecule has 10 heteroatoms. The van der Waals surface area contributed by atoms with Gasteiger partial charge in [0, 0.05) is 23.7 Å². The summed E-state index contributed by atoms with van der Waals surface area (Å²) >= 11 is 1.47. The molecule has 1 atom stereocenters. The molecule has 5 rings (SSSR count). The van der Waals surface area contributed by atoms with Crippen LogP contribution in [0.25, 0.3) is 10.2 Å². The molecule has 176 valence electrons. The van der Waals surface area contributed by atoms with E-state index in [0.29, 0.717) is 35.7 Å². The molecule has 0 saturated carbocycles. The first-order valence-corrected chi connectivity index (χ1v) is 11.6. The predicted molar refractivity (Wildman–Crippen MR) is 121 cm³/mol. The lowest BCUT2D eigenvalue weighted by atomic mass is 9.93. The standard InChI is InChI=1S/C24H20F4N4OS/c25-16-8-14(7-15(9-16)24(26,27)28)11-30-17-4-5-19-20(10-17)34-22-21(19)23(33)32(13-31-22)12-18-3-1-2-6-29-18/h1-3,6-9,13,17,30H,4-5,10-12H2/t17-/m0/s1. The zero-order chi connectivity index (χ0) is 23.9. The topological polar surface area (TPSA) is 59.8 Å². The molecule has 0 bridgehead atoms. The van der Waals surface area contributed by atoms with Crippen LogP contribution in [0.2, 0.25) is 0 Å². The number of thiophene rings is 1. The minimum absolute atomic E-state index is 0.00825. The third kappa shape index (κ3) is 4.60. The van der Waals surface area contributed by atoms with E-state index in [9.17, 15) is 22.4 Å². The van der Waals surface area contributed by atoms with Crippen molar-refractivity contribution in [3.63, 3.8) is 0 Å². The molecular weight excluding hydrogens is 468 g/mol. The minimum atomic E-state index is -4.59. The molecule has 0 spiro atoms. The van der Waals surface area contributed by atoms with Crippen LogP contribution in [-0.4, -0.2) is 20.6 Å². The van der Waals surface area contributed by atoms with E-state index < -0.39 is 17.6 Å². The van der Waals surface area contributed by atoms with E-state index in [4.69, 9.17) is 0 Å². The number of alkyl halides is 3. The zero-order valence-corrected chi connectivity index (χ0v) is 18.7. The number of fused-ring (bicyclic) bond motifs is 3. The van der Waals surface area contributed by atoms with E-state index in [-0.39, 0.29) is 23.7 Å². The number of nitrogens with zero attached hydrogens (tertiary/aromatic N) is 3. The molecule has 3 aromatic heterocycles. The molecule has 0 unspecified atom stereocenters. The third-order valence-electron chi connectivity index (χ3n) is 5.97. The smallest absolute Gasteiger partial charge is 0.310 e. The number of rotatable bonds is 5. The Hall–Kier alpha value is -3.11. The molecule has 5 nitrogen and oxygen atoms in total. The molecule has 1 aliphatic rings. The Morgan fingerprint density at radius 1 is 1.18 bits per heavy atom. The van der Waals surface area contributed by atoms with Gasteiger partial charge >= 0.3 is 6.18 Å². The van der Waals surface area contributed by atoms with Crippen LogP contribution >= 0.6 is 11.3 Å². The Labute approximate surface area is 196 Å². The van der Waals surface area contributed by atoms with Gasteiger partial charge < -0.3 is 5.32 Å². The highest BCUT2D eigenvalue weighted by Gasteiger charge is 2.31. The van der Waals surface area contributed by atoms with Crippen molar-refractivity contribution in [2.24, 2.45) is 0 Å². The highest BCUT2D eigenvalue weighted by molar-refractivity contribution is 7.18. The largest absolute Gasteiger partial charge is 0.416 e. The van der Waals surface area contributed by atoms with Crippen molar-refractivity contribution in [3.05, 3.63) is 92.4 Å². The van der Waals surface area contributed by atoms with Crippen LogP contribution in [0.4, 0.5) is 17.6 Å². The van der Waals surface area contributed by atoms with Gasteiger partial charge in [-0.1, -0.05) is 6.07 Å². The summed E-state index contributed by atoms with van der Waals surface area (Å²) in [5.74, 6) is -0.907. The van der Waals surface area contributed by atoms with Crippen molar-refractivity contribution in [3.8, 4) is 0 Å². The summed E-state index contributed by atoms with van der Waals surface area (Å²) in [6, 6.07) is 8.13. The van der Waals surface area contributed by atoms with Crippen LogP contribution in [0, 0.1) is 5.82 Å². The molecule has 0 aliphatic heterocycles. The molecular formula is C24H20F4N4OS. The molecule has 1 aromatic carbocycles. The van der Waals surface area contributed by atoms with Gasteiger partial charge in [0.1, 0.15) is 10.6 Å². The number of benzene rings is 1. The van der Waals surface area contributed by atoms with Crippen LogP contribution in [-0.2, 0) is 32.1 Å². The summed E-state index contributed by atoms with van der Waals surface area (Å²) in [6.45, 7) is 0.464. The summed E-state index contributed by atoms with van der Waals surface area (Å²) in [6.07, 6.45) is 0.643. The maximum atomic E-state index is 13.7. The van der Waals surface area contributed by atoms with Crippen LogP contribution in [0.15, 0.2) is 53.7 Å². The number of pyridine rings is 1. The Kier molecular flexibility index (Phi) is 5.95. The predicted octanol–water partition coefficient (Wildman–Crippen LogP) is 4.71. The Morgan fingerprint density at radius 3 is 2.79 bits per heavy atom. The van der Waals surface area contributed by atoms with E-state index in [0.717, 1.165) is 34.7 Å². The Morgan fingerprint density at radius 2 is 2.03 bits per heavy atom.